The Morgan fingerprint density at radius 3 is 2.24 bits per heavy atom. The maximum absolute atomic E-state index is 4.94. The third-order valence-corrected chi connectivity index (χ3v) is 4.34. The van der Waals surface area contributed by atoms with Gasteiger partial charge in [-0.3, -0.25) is 4.98 Å². The molecule has 0 aliphatic heterocycles. The van der Waals surface area contributed by atoms with E-state index in [0.29, 0.717) is 0 Å². The highest BCUT2D eigenvalue weighted by Crippen LogP contribution is 2.39. The Bertz CT molecular complexity index is 402. The number of hydrogen-bond donors (Lipinski definition) is 0. The highest BCUT2D eigenvalue weighted by Gasteiger charge is 2.26. The monoisotopic (exact) mass is 231 g/mol. The van der Waals surface area contributed by atoms with E-state index < -0.39 is 0 Å². The summed E-state index contributed by atoms with van der Waals surface area (Å²) in [6.45, 7) is 8.57. The van der Waals surface area contributed by atoms with Gasteiger partial charge in [0.25, 0.3) is 0 Å². The molecule has 1 fully saturated rings. The number of nitrogens with zero attached hydrogens (tertiary/aromatic N) is 1. The molecule has 0 N–H and O–H groups in total. The highest BCUT2D eigenvalue weighted by atomic mass is 14.7. The molecule has 0 bridgehead atoms. The van der Waals surface area contributed by atoms with Crippen LogP contribution in [0.1, 0.15) is 73.5 Å². The summed E-state index contributed by atoms with van der Waals surface area (Å²) < 4.78 is 0. The van der Waals surface area contributed by atoms with E-state index in [1.54, 1.807) is 11.1 Å². The number of rotatable bonds is 1. The maximum atomic E-state index is 4.94. The lowest BCUT2D eigenvalue weighted by atomic mass is 9.80. The van der Waals surface area contributed by atoms with E-state index in [-0.39, 0.29) is 0 Å². The lowest BCUT2D eigenvalue weighted by Gasteiger charge is -2.27. The van der Waals surface area contributed by atoms with Crippen LogP contribution in [0.4, 0.5) is 0 Å². The van der Waals surface area contributed by atoms with Crippen molar-refractivity contribution in [1.29, 1.82) is 0 Å². The Hall–Kier alpha value is -0.850. The molecular weight excluding hydrogens is 206 g/mol. The topological polar surface area (TPSA) is 12.9 Å². The molecule has 0 amide bonds. The SMILES string of the molecule is CC.Cc1c(C2CCC2)nc2c(c1C)CCC2. The van der Waals surface area contributed by atoms with Gasteiger partial charge in [-0.25, -0.2) is 0 Å². The summed E-state index contributed by atoms with van der Waals surface area (Å²) in [5.41, 5.74) is 7.44. The van der Waals surface area contributed by atoms with Crippen LogP contribution in [0.5, 0.6) is 0 Å². The summed E-state index contributed by atoms with van der Waals surface area (Å²) in [5, 5.41) is 0. The minimum Gasteiger partial charge on any atom is -0.257 e. The first-order valence-corrected chi connectivity index (χ1v) is 7.26. The van der Waals surface area contributed by atoms with Gasteiger partial charge < -0.3 is 0 Å². The average Bonchev–Trinajstić information content (AvgIpc) is 2.74. The quantitative estimate of drug-likeness (QED) is 0.694. The number of fused-ring (bicyclic) bond motifs is 1. The largest absolute Gasteiger partial charge is 0.257 e. The van der Waals surface area contributed by atoms with Gasteiger partial charge in [-0.1, -0.05) is 20.3 Å². The van der Waals surface area contributed by atoms with Crippen molar-refractivity contribution in [2.24, 2.45) is 0 Å². The first-order chi connectivity index (χ1) is 8.27. The predicted molar refractivity (Wildman–Crippen MR) is 73.7 cm³/mol. The molecule has 0 aromatic carbocycles. The van der Waals surface area contributed by atoms with Gasteiger partial charge in [-0.15, -0.1) is 0 Å². The fraction of sp³-hybridized carbons (Fsp3) is 0.688. The zero-order valence-electron chi connectivity index (χ0n) is 11.8. The van der Waals surface area contributed by atoms with E-state index in [4.69, 9.17) is 4.98 Å². The van der Waals surface area contributed by atoms with Crippen LogP contribution in [-0.2, 0) is 12.8 Å². The summed E-state index contributed by atoms with van der Waals surface area (Å²) in [5.74, 6) is 0.787. The molecule has 0 unspecified atom stereocenters. The van der Waals surface area contributed by atoms with Gasteiger partial charge in [-0.05, 0) is 62.6 Å². The number of aryl methyl sites for hydroxylation is 1. The molecule has 1 heteroatoms. The summed E-state index contributed by atoms with van der Waals surface area (Å²) in [7, 11) is 0. The Balaban J connectivity index is 0.000000514. The van der Waals surface area contributed by atoms with Crippen LogP contribution in [0.3, 0.4) is 0 Å². The minimum absolute atomic E-state index is 0.787. The number of aromatic nitrogens is 1. The highest BCUT2D eigenvalue weighted by molar-refractivity contribution is 5.42. The molecule has 2 aliphatic rings. The smallest absolute Gasteiger partial charge is 0.0469 e. The van der Waals surface area contributed by atoms with Gasteiger partial charge in [-0.2, -0.15) is 0 Å². The van der Waals surface area contributed by atoms with Crippen LogP contribution in [0, 0.1) is 13.8 Å². The van der Waals surface area contributed by atoms with Gasteiger partial charge in [0.1, 0.15) is 0 Å². The fourth-order valence-corrected chi connectivity index (χ4v) is 2.98. The van der Waals surface area contributed by atoms with E-state index in [9.17, 15) is 0 Å². The zero-order chi connectivity index (χ0) is 12.4. The molecule has 0 atom stereocenters. The lowest BCUT2D eigenvalue weighted by molar-refractivity contribution is 0.408. The minimum atomic E-state index is 0.787. The van der Waals surface area contributed by atoms with E-state index in [1.165, 1.54) is 55.5 Å². The van der Waals surface area contributed by atoms with E-state index in [2.05, 4.69) is 13.8 Å². The molecule has 3 rings (SSSR count). The van der Waals surface area contributed by atoms with Gasteiger partial charge in [0.2, 0.25) is 0 Å². The Kier molecular flexibility index (Phi) is 3.86. The molecule has 94 valence electrons. The van der Waals surface area contributed by atoms with Crippen molar-refractivity contribution in [1.82, 2.24) is 4.98 Å². The second-order valence-electron chi connectivity index (χ2n) is 5.15. The second kappa shape index (κ2) is 5.20. The van der Waals surface area contributed by atoms with Crippen LogP contribution in [-0.4, -0.2) is 4.98 Å². The number of pyridine rings is 1. The number of hydrogen-bond acceptors (Lipinski definition) is 1. The standard InChI is InChI=1S/C14H19N.C2H6/c1-9-10(2)14(11-5-3-6-11)15-13-8-4-7-12(9)13;1-2/h11H,3-8H2,1-2H3;1-2H3. The third kappa shape index (κ3) is 2.12. The van der Waals surface area contributed by atoms with E-state index in [0.717, 1.165) is 5.92 Å². The van der Waals surface area contributed by atoms with E-state index in [1.807, 2.05) is 13.8 Å². The Morgan fingerprint density at radius 2 is 1.65 bits per heavy atom. The zero-order valence-corrected chi connectivity index (χ0v) is 11.8. The van der Waals surface area contributed by atoms with Gasteiger partial charge in [0.15, 0.2) is 0 Å². The summed E-state index contributed by atoms with van der Waals surface area (Å²) in [4.78, 5) is 4.94. The van der Waals surface area contributed by atoms with Gasteiger partial charge in [0.05, 0.1) is 0 Å². The molecule has 1 aromatic heterocycles. The van der Waals surface area contributed by atoms with E-state index >= 15 is 0 Å². The fourth-order valence-electron chi connectivity index (χ4n) is 2.98. The maximum Gasteiger partial charge on any atom is 0.0469 e. The molecular formula is C16H25N. The molecule has 0 radical (unpaired) electrons. The van der Waals surface area contributed by atoms with Crippen LogP contribution < -0.4 is 0 Å². The van der Waals surface area contributed by atoms with Crippen LogP contribution in [0.15, 0.2) is 0 Å². The summed E-state index contributed by atoms with van der Waals surface area (Å²) >= 11 is 0. The van der Waals surface area contributed by atoms with Crippen molar-refractivity contribution in [3.8, 4) is 0 Å². The van der Waals surface area contributed by atoms with Crippen molar-refractivity contribution in [3.63, 3.8) is 0 Å². The van der Waals surface area contributed by atoms with Crippen LogP contribution >= 0.6 is 0 Å². The van der Waals surface area contributed by atoms with Crippen LogP contribution in [0.2, 0.25) is 0 Å². The van der Waals surface area contributed by atoms with Crippen molar-refractivity contribution in [2.75, 3.05) is 0 Å². The molecule has 1 saturated carbocycles. The Labute approximate surface area is 106 Å². The normalized spacial score (nSPS) is 18.1. The second-order valence-corrected chi connectivity index (χ2v) is 5.15. The summed E-state index contributed by atoms with van der Waals surface area (Å²) in [6, 6.07) is 0. The molecule has 1 nitrogen and oxygen atoms in total. The predicted octanol–water partition coefficient (Wildman–Crippen LogP) is 4.48. The molecule has 2 aliphatic carbocycles. The van der Waals surface area contributed by atoms with Gasteiger partial charge in [0, 0.05) is 17.3 Å². The van der Waals surface area contributed by atoms with Crippen LogP contribution in [0.25, 0.3) is 0 Å². The molecule has 0 saturated heterocycles. The lowest BCUT2D eigenvalue weighted by Crippen LogP contribution is -2.14. The Morgan fingerprint density at radius 1 is 0.941 bits per heavy atom. The molecule has 0 spiro atoms. The molecule has 17 heavy (non-hydrogen) atoms. The first-order valence-electron chi connectivity index (χ1n) is 7.26. The third-order valence-electron chi connectivity index (χ3n) is 4.34. The summed E-state index contributed by atoms with van der Waals surface area (Å²) in [6.07, 6.45) is 7.94. The van der Waals surface area contributed by atoms with Gasteiger partial charge >= 0.3 is 0 Å². The average molecular weight is 231 g/mol. The van der Waals surface area contributed by atoms with Crippen molar-refractivity contribution in [2.45, 2.75) is 72.1 Å². The molecule has 1 heterocycles. The van der Waals surface area contributed by atoms with Crippen molar-refractivity contribution in [3.05, 3.63) is 28.1 Å². The van der Waals surface area contributed by atoms with Crippen molar-refractivity contribution >= 4 is 0 Å². The first kappa shape index (κ1) is 12.6. The van der Waals surface area contributed by atoms with Crippen molar-refractivity contribution < 1.29 is 0 Å². The molecule has 1 aromatic rings.